The Labute approximate surface area is 132 Å². The predicted molar refractivity (Wildman–Crippen MR) is 87.5 cm³/mol. The van der Waals surface area contributed by atoms with Crippen LogP contribution >= 0.6 is 11.3 Å². The maximum atomic E-state index is 12.0. The maximum Gasteiger partial charge on any atom is 0.225 e. The number of carbonyl (C=O) groups excluding carboxylic acids is 1. The van der Waals surface area contributed by atoms with E-state index in [4.69, 9.17) is 0 Å². The lowest BCUT2D eigenvalue weighted by Gasteiger charge is -2.33. The standard InChI is InChI=1S/C16H27N3OS/c1-11-14(21-12(2)17-11)10-19-8-6-13(7-9-19)18-15(20)16(3,4)5/h13H,6-10H2,1-5H3,(H,18,20). The van der Waals surface area contributed by atoms with Gasteiger partial charge in [0.05, 0.1) is 10.7 Å². The molecule has 0 aromatic carbocycles. The highest BCUT2D eigenvalue weighted by molar-refractivity contribution is 7.11. The predicted octanol–water partition coefficient (Wildman–Crippen LogP) is 2.89. The second-order valence-electron chi connectivity index (χ2n) is 7.02. The fourth-order valence-electron chi connectivity index (χ4n) is 2.56. The van der Waals surface area contributed by atoms with Crippen LogP contribution in [0, 0.1) is 19.3 Å². The molecule has 1 aliphatic heterocycles. The zero-order chi connectivity index (χ0) is 15.6. The first kappa shape index (κ1) is 16.4. The van der Waals surface area contributed by atoms with Crippen molar-refractivity contribution in [3.8, 4) is 0 Å². The minimum atomic E-state index is -0.297. The number of nitrogens with one attached hydrogen (secondary N) is 1. The molecule has 118 valence electrons. The van der Waals surface area contributed by atoms with Crippen molar-refractivity contribution in [3.05, 3.63) is 15.6 Å². The van der Waals surface area contributed by atoms with Crippen LogP contribution in [0.4, 0.5) is 0 Å². The van der Waals surface area contributed by atoms with E-state index in [9.17, 15) is 4.79 Å². The third-order valence-electron chi connectivity index (χ3n) is 3.97. The van der Waals surface area contributed by atoms with Gasteiger partial charge in [0, 0.05) is 36.0 Å². The highest BCUT2D eigenvalue weighted by atomic mass is 32.1. The first-order valence-electron chi connectivity index (χ1n) is 7.72. The number of hydrogen-bond donors (Lipinski definition) is 1. The lowest BCUT2D eigenvalue weighted by Crippen LogP contribution is -2.47. The number of thiazole rings is 1. The quantitative estimate of drug-likeness (QED) is 0.934. The first-order chi connectivity index (χ1) is 9.75. The van der Waals surface area contributed by atoms with E-state index in [1.165, 1.54) is 10.6 Å². The molecular formula is C16H27N3OS. The van der Waals surface area contributed by atoms with Crippen molar-refractivity contribution in [2.75, 3.05) is 13.1 Å². The summed E-state index contributed by atoms with van der Waals surface area (Å²) >= 11 is 1.80. The molecule has 1 aromatic rings. The summed E-state index contributed by atoms with van der Waals surface area (Å²) in [5, 5.41) is 4.33. The van der Waals surface area contributed by atoms with Gasteiger partial charge < -0.3 is 5.32 Å². The molecule has 0 saturated carbocycles. The van der Waals surface area contributed by atoms with Crippen LogP contribution < -0.4 is 5.32 Å². The summed E-state index contributed by atoms with van der Waals surface area (Å²) in [5.41, 5.74) is 0.870. The van der Waals surface area contributed by atoms with E-state index in [2.05, 4.69) is 29.0 Å². The summed E-state index contributed by atoms with van der Waals surface area (Å²) in [5.74, 6) is 0.162. The van der Waals surface area contributed by atoms with Crippen LogP contribution in [0.1, 0.15) is 49.2 Å². The summed E-state index contributed by atoms with van der Waals surface area (Å²) in [6.07, 6.45) is 2.08. The normalized spacial score (nSPS) is 18.0. The molecule has 4 nitrogen and oxygen atoms in total. The molecule has 0 spiro atoms. The van der Waals surface area contributed by atoms with Crippen molar-refractivity contribution in [3.63, 3.8) is 0 Å². The topological polar surface area (TPSA) is 45.2 Å². The summed E-state index contributed by atoms with van der Waals surface area (Å²) < 4.78 is 0. The van der Waals surface area contributed by atoms with E-state index in [0.717, 1.165) is 37.5 Å². The SMILES string of the molecule is Cc1nc(C)c(CN2CCC(NC(=O)C(C)(C)C)CC2)s1. The van der Waals surface area contributed by atoms with Crippen LogP contribution in [-0.2, 0) is 11.3 Å². The number of aryl methyl sites for hydroxylation is 2. The molecule has 1 N–H and O–H groups in total. The molecule has 0 atom stereocenters. The number of hydrogen-bond acceptors (Lipinski definition) is 4. The number of likely N-dealkylation sites (tertiary alicyclic amines) is 1. The second kappa shape index (κ2) is 6.44. The molecule has 0 bridgehead atoms. The van der Waals surface area contributed by atoms with Crippen LogP contribution in [0.25, 0.3) is 0 Å². The smallest absolute Gasteiger partial charge is 0.225 e. The van der Waals surface area contributed by atoms with E-state index in [0.29, 0.717) is 6.04 Å². The first-order valence-corrected chi connectivity index (χ1v) is 8.53. The van der Waals surface area contributed by atoms with Crippen LogP contribution in [0.2, 0.25) is 0 Å². The van der Waals surface area contributed by atoms with Crippen LogP contribution in [0.3, 0.4) is 0 Å². The molecular weight excluding hydrogens is 282 g/mol. The largest absolute Gasteiger partial charge is 0.353 e. The average Bonchev–Trinajstić information content (AvgIpc) is 2.69. The molecule has 21 heavy (non-hydrogen) atoms. The second-order valence-corrected chi connectivity index (χ2v) is 8.30. The zero-order valence-electron chi connectivity index (χ0n) is 13.8. The van der Waals surface area contributed by atoms with E-state index < -0.39 is 0 Å². The van der Waals surface area contributed by atoms with Gasteiger partial charge in [-0.25, -0.2) is 4.98 Å². The van der Waals surface area contributed by atoms with E-state index in [-0.39, 0.29) is 11.3 Å². The Hall–Kier alpha value is -0.940. The molecule has 0 radical (unpaired) electrons. The summed E-state index contributed by atoms with van der Waals surface area (Å²) in [7, 11) is 0. The van der Waals surface area contributed by atoms with Gasteiger partial charge in [-0.05, 0) is 26.7 Å². The average molecular weight is 309 g/mol. The lowest BCUT2D eigenvalue weighted by atomic mass is 9.94. The molecule has 2 heterocycles. The van der Waals surface area contributed by atoms with Crippen LogP contribution in [-0.4, -0.2) is 34.9 Å². The van der Waals surface area contributed by atoms with Gasteiger partial charge >= 0.3 is 0 Å². The van der Waals surface area contributed by atoms with Crippen LogP contribution in [0.5, 0.6) is 0 Å². The minimum Gasteiger partial charge on any atom is -0.353 e. The molecule has 1 amide bonds. The fraction of sp³-hybridized carbons (Fsp3) is 0.750. The number of rotatable bonds is 3. The highest BCUT2D eigenvalue weighted by Crippen LogP contribution is 2.22. The number of aromatic nitrogens is 1. The van der Waals surface area contributed by atoms with Gasteiger partial charge in [-0.3, -0.25) is 9.69 Å². The van der Waals surface area contributed by atoms with Crippen molar-refractivity contribution in [2.24, 2.45) is 5.41 Å². The van der Waals surface area contributed by atoms with E-state index in [1.54, 1.807) is 11.3 Å². The molecule has 1 saturated heterocycles. The Morgan fingerprint density at radius 1 is 1.33 bits per heavy atom. The Morgan fingerprint density at radius 3 is 2.43 bits per heavy atom. The monoisotopic (exact) mass is 309 g/mol. The van der Waals surface area contributed by atoms with Crippen molar-refractivity contribution in [1.29, 1.82) is 0 Å². The number of nitrogens with zero attached hydrogens (tertiary/aromatic N) is 2. The van der Waals surface area contributed by atoms with Crippen molar-refractivity contribution >= 4 is 17.2 Å². The van der Waals surface area contributed by atoms with Gasteiger partial charge in [0.25, 0.3) is 0 Å². The molecule has 5 heteroatoms. The minimum absolute atomic E-state index is 0.162. The molecule has 1 aliphatic rings. The Bertz CT molecular complexity index is 496. The third-order valence-corrected chi connectivity index (χ3v) is 5.03. The van der Waals surface area contributed by atoms with Gasteiger partial charge in [0.15, 0.2) is 0 Å². The summed E-state index contributed by atoms with van der Waals surface area (Å²) in [6, 6.07) is 0.331. The Balaban J connectivity index is 1.81. The summed E-state index contributed by atoms with van der Waals surface area (Å²) in [6.45, 7) is 13.1. The molecule has 1 aromatic heterocycles. The molecule has 0 aliphatic carbocycles. The molecule has 1 fully saturated rings. The fourth-order valence-corrected chi connectivity index (χ4v) is 3.54. The van der Waals surface area contributed by atoms with Gasteiger partial charge in [-0.1, -0.05) is 20.8 Å². The number of amides is 1. The maximum absolute atomic E-state index is 12.0. The Kier molecular flexibility index (Phi) is 5.04. The van der Waals surface area contributed by atoms with Gasteiger partial charge in [-0.2, -0.15) is 0 Å². The van der Waals surface area contributed by atoms with Gasteiger partial charge in [0.2, 0.25) is 5.91 Å². The van der Waals surface area contributed by atoms with Gasteiger partial charge in [0.1, 0.15) is 0 Å². The molecule has 0 unspecified atom stereocenters. The zero-order valence-corrected chi connectivity index (χ0v) is 14.6. The van der Waals surface area contributed by atoms with Crippen molar-refractivity contribution in [2.45, 2.75) is 60.0 Å². The molecule has 2 rings (SSSR count). The third kappa shape index (κ3) is 4.51. The highest BCUT2D eigenvalue weighted by Gasteiger charge is 2.26. The Morgan fingerprint density at radius 2 is 1.95 bits per heavy atom. The van der Waals surface area contributed by atoms with Crippen molar-refractivity contribution < 1.29 is 4.79 Å². The number of carbonyl (C=O) groups is 1. The summed E-state index contributed by atoms with van der Waals surface area (Å²) in [4.78, 5) is 20.4. The van der Waals surface area contributed by atoms with E-state index in [1.807, 2.05) is 20.8 Å². The van der Waals surface area contributed by atoms with Crippen molar-refractivity contribution in [1.82, 2.24) is 15.2 Å². The van der Waals surface area contributed by atoms with Crippen LogP contribution in [0.15, 0.2) is 0 Å². The number of piperidine rings is 1. The van der Waals surface area contributed by atoms with E-state index >= 15 is 0 Å². The van der Waals surface area contributed by atoms with Gasteiger partial charge in [-0.15, -0.1) is 11.3 Å². The lowest BCUT2D eigenvalue weighted by molar-refractivity contribution is -0.129.